The molecule has 3 aromatic rings. The molecule has 0 unspecified atom stereocenters. The quantitative estimate of drug-likeness (QED) is 0.769. The third-order valence-electron chi connectivity index (χ3n) is 4.14. The van der Waals surface area contributed by atoms with Crippen molar-refractivity contribution < 1.29 is 18.4 Å². The molecular weight excluding hydrogens is 341 g/mol. The van der Waals surface area contributed by atoms with Gasteiger partial charge in [-0.05, 0) is 24.3 Å². The molecule has 0 saturated carbocycles. The van der Waals surface area contributed by atoms with Crippen LogP contribution in [-0.4, -0.2) is 40.0 Å². The van der Waals surface area contributed by atoms with Gasteiger partial charge in [0.05, 0.1) is 17.9 Å². The number of cyclic esters (lactones) is 1. The van der Waals surface area contributed by atoms with Crippen molar-refractivity contribution in [2.75, 3.05) is 18.0 Å². The third kappa shape index (κ3) is 2.82. The standard InChI is InChI=1S/C17H16FN5O3/c1-10-20-16(21-26-10)11-4-5-22(8-11)15-3-2-12(6-14(15)18)23-9-13(7-19)25-17(23)24/h2-6,8,13H,7,9,19H2,1H3/t13-/m0/s1. The number of aromatic nitrogens is 3. The maximum absolute atomic E-state index is 14.6. The van der Waals surface area contributed by atoms with E-state index >= 15 is 0 Å². The number of nitrogens with two attached hydrogens (primary N) is 1. The maximum Gasteiger partial charge on any atom is 0.414 e. The van der Waals surface area contributed by atoms with Crippen LogP contribution in [0.25, 0.3) is 17.1 Å². The highest BCUT2D eigenvalue weighted by atomic mass is 19.1. The molecule has 1 aliphatic heterocycles. The normalized spacial score (nSPS) is 17.0. The zero-order chi connectivity index (χ0) is 18.3. The van der Waals surface area contributed by atoms with Crippen LogP contribution < -0.4 is 10.6 Å². The lowest BCUT2D eigenvalue weighted by atomic mass is 10.2. The van der Waals surface area contributed by atoms with Crippen LogP contribution in [-0.2, 0) is 4.74 Å². The first-order valence-electron chi connectivity index (χ1n) is 8.02. The Bertz CT molecular complexity index is 967. The van der Waals surface area contributed by atoms with Crippen LogP contribution in [0.15, 0.2) is 41.2 Å². The summed E-state index contributed by atoms with van der Waals surface area (Å²) in [5.74, 6) is 0.417. The summed E-state index contributed by atoms with van der Waals surface area (Å²) in [7, 11) is 0. The monoisotopic (exact) mass is 357 g/mol. The van der Waals surface area contributed by atoms with Crippen molar-refractivity contribution in [2.24, 2.45) is 5.73 Å². The molecule has 2 N–H and O–H groups in total. The number of ether oxygens (including phenoxy) is 1. The van der Waals surface area contributed by atoms with Gasteiger partial charge in [-0.25, -0.2) is 9.18 Å². The van der Waals surface area contributed by atoms with Crippen LogP contribution in [0, 0.1) is 12.7 Å². The van der Waals surface area contributed by atoms with Crippen LogP contribution in [0.5, 0.6) is 0 Å². The summed E-state index contributed by atoms with van der Waals surface area (Å²) in [6, 6.07) is 6.32. The Kier molecular flexibility index (Phi) is 3.92. The van der Waals surface area contributed by atoms with Gasteiger partial charge in [0, 0.05) is 31.4 Å². The Morgan fingerprint density at radius 3 is 2.88 bits per heavy atom. The number of halogens is 1. The Balaban J connectivity index is 1.61. The number of rotatable bonds is 4. The van der Waals surface area contributed by atoms with Gasteiger partial charge in [0.15, 0.2) is 0 Å². The van der Waals surface area contributed by atoms with Gasteiger partial charge in [-0.1, -0.05) is 5.16 Å². The minimum atomic E-state index is -0.525. The van der Waals surface area contributed by atoms with Crippen molar-refractivity contribution >= 4 is 11.8 Å². The number of nitrogens with zero attached hydrogens (tertiary/aromatic N) is 4. The third-order valence-corrected chi connectivity index (χ3v) is 4.14. The number of carbonyl (C=O) groups is 1. The highest BCUT2D eigenvalue weighted by molar-refractivity contribution is 5.89. The van der Waals surface area contributed by atoms with Gasteiger partial charge in [0.1, 0.15) is 11.9 Å². The Labute approximate surface area is 148 Å². The molecule has 0 spiro atoms. The Morgan fingerprint density at radius 1 is 1.38 bits per heavy atom. The SMILES string of the molecule is Cc1nc(-c2ccn(-c3ccc(N4C[C@H](CN)OC4=O)cc3F)c2)no1. The van der Waals surface area contributed by atoms with E-state index in [2.05, 4.69) is 10.1 Å². The first-order chi connectivity index (χ1) is 12.5. The highest BCUT2D eigenvalue weighted by Gasteiger charge is 2.31. The van der Waals surface area contributed by atoms with Crippen LogP contribution in [0.1, 0.15) is 5.89 Å². The first-order valence-corrected chi connectivity index (χ1v) is 8.02. The summed E-state index contributed by atoms with van der Waals surface area (Å²) >= 11 is 0. The number of anilines is 1. The number of hydrogen-bond donors (Lipinski definition) is 1. The fourth-order valence-corrected chi connectivity index (χ4v) is 2.82. The summed E-state index contributed by atoms with van der Waals surface area (Å²) in [5, 5.41) is 3.84. The number of aryl methyl sites for hydroxylation is 1. The van der Waals surface area contributed by atoms with Crippen LogP contribution in [0.4, 0.5) is 14.9 Å². The van der Waals surface area contributed by atoms with Crippen LogP contribution in [0.3, 0.4) is 0 Å². The largest absolute Gasteiger partial charge is 0.443 e. The summed E-state index contributed by atoms with van der Waals surface area (Å²) in [6.07, 6.45) is 2.50. The predicted octanol–water partition coefficient (Wildman–Crippen LogP) is 2.26. The zero-order valence-corrected chi connectivity index (χ0v) is 13.9. The zero-order valence-electron chi connectivity index (χ0n) is 13.9. The van der Waals surface area contributed by atoms with Gasteiger partial charge in [0.25, 0.3) is 0 Å². The second-order valence-corrected chi connectivity index (χ2v) is 5.93. The molecule has 2 aromatic heterocycles. The molecule has 1 saturated heterocycles. The van der Waals surface area contributed by atoms with Gasteiger partial charge < -0.3 is 19.6 Å². The molecule has 9 heteroatoms. The van der Waals surface area contributed by atoms with Crippen molar-refractivity contribution in [2.45, 2.75) is 13.0 Å². The Hall–Kier alpha value is -3.20. The second-order valence-electron chi connectivity index (χ2n) is 5.93. The molecule has 3 heterocycles. The van der Waals surface area contributed by atoms with Gasteiger partial charge >= 0.3 is 6.09 Å². The van der Waals surface area contributed by atoms with Gasteiger partial charge in [-0.2, -0.15) is 4.98 Å². The lowest BCUT2D eigenvalue weighted by Gasteiger charge is -2.14. The van der Waals surface area contributed by atoms with E-state index in [1.165, 1.54) is 11.0 Å². The minimum absolute atomic E-state index is 0.227. The van der Waals surface area contributed by atoms with E-state index in [0.29, 0.717) is 35.2 Å². The lowest BCUT2D eigenvalue weighted by molar-refractivity contribution is 0.145. The van der Waals surface area contributed by atoms with Crippen molar-refractivity contribution in [1.29, 1.82) is 0 Å². The highest BCUT2D eigenvalue weighted by Crippen LogP contribution is 2.26. The minimum Gasteiger partial charge on any atom is -0.443 e. The van der Waals surface area contributed by atoms with E-state index in [0.717, 1.165) is 0 Å². The van der Waals surface area contributed by atoms with E-state index in [4.69, 9.17) is 15.0 Å². The first kappa shape index (κ1) is 16.3. The summed E-state index contributed by atoms with van der Waals surface area (Å²) in [6.45, 7) is 2.23. The van der Waals surface area contributed by atoms with Crippen molar-refractivity contribution in [1.82, 2.24) is 14.7 Å². The van der Waals surface area contributed by atoms with E-state index < -0.39 is 11.9 Å². The molecule has 8 nitrogen and oxygen atoms in total. The number of hydrogen-bond acceptors (Lipinski definition) is 6. The van der Waals surface area contributed by atoms with Crippen LogP contribution in [0.2, 0.25) is 0 Å². The maximum atomic E-state index is 14.6. The molecule has 1 amide bonds. The molecule has 4 rings (SSSR count). The molecule has 1 aliphatic rings. The predicted molar refractivity (Wildman–Crippen MR) is 90.4 cm³/mol. The number of amides is 1. The second kappa shape index (κ2) is 6.26. The van der Waals surface area contributed by atoms with Crippen LogP contribution >= 0.6 is 0 Å². The van der Waals surface area contributed by atoms with E-state index in [9.17, 15) is 9.18 Å². The molecule has 1 fully saturated rings. The molecule has 0 bridgehead atoms. The molecule has 1 aromatic carbocycles. The van der Waals surface area contributed by atoms with Crippen molar-refractivity contribution in [3.63, 3.8) is 0 Å². The fourth-order valence-electron chi connectivity index (χ4n) is 2.82. The van der Waals surface area contributed by atoms with Gasteiger partial charge in [-0.3, -0.25) is 4.90 Å². The average Bonchev–Trinajstić information content (AvgIpc) is 3.34. The molecular formula is C17H16FN5O3. The molecule has 0 aliphatic carbocycles. The van der Waals surface area contributed by atoms with Crippen molar-refractivity contribution in [3.05, 3.63) is 48.4 Å². The average molecular weight is 357 g/mol. The molecule has 0 radical (unpaired) electrons. The summed E-state index contributed by atoms with van der Waals surface area (Å²) < 4.78 is 26.3. The summed E-state index contributed by atoms with van der Waals surface area (Å²) in [5.41, 5.74) is 6.99. The fraction of sp³-hybridized carbons (Fsp3) is 0.235. The molecule has 134 valence electrons. The van der Waals surface area contributed by atoms with E-state index in [1.807, 2.05) is 0 Å². The summed E-state index contributed by atoms with van der Waals surface area (Å²) in [4.78, 5) is 17.4. The van der Waals surface area contributed by atoms with Gasteiger partial charge in [0.2, 0.25) is 11.7 Å². The topological polar surface area (TPSA) is 99.4 Å². The molecule has 26 heavy (non-hydrogen) atoms. The van der Waals surface area contributed by atoms with Crippen molar-refractivity contribution in [3.8, 4) is 17.1 Å². The van der Waals surface area contributed by atoms with E-state index in [1.54, 1.807) is 42.1 Å². The molecule has 1 atom stereocenters. The lowest BCUT2D eigenvalue weighted by Crippen LogP contribution is -2.27. The number of benzene rings is 1. The smallest absolute Gasteiger partial charge is 0.414 e. The number of carbonyl (C=O) groups excluding carboxylic acids is 1. The van der Waals surface area contributed by atoms with E-state index in [-0.39, 0.29) is 12.6 Å². The van der Waals surface area contributed by atoms with Gasteiger partial charge in [-0.15, -0.1) is 0 Å². The Morgan fingerprint density at radius 2 is 2.23 bits per heavy atom.